The van der Waals surface area contributed by atoms with Crippen LogP contribution in [-0.4, -0.2) is 165 Å². The van der Waals surface area contributed by atoms with Gasteiger partial charge in [0.05, 0.1) is 24.2 Å². The normalized spacial score (nSPS) is 16.3. The molecule has 3 aliphatic carbocycles. The first-order valence-electron chi connectivity index (χ1n) is 38.1. The number of nitrogen functional groups attached to an aromatic ring is 2. The molecule has 116 heavy (non-hydrogen) atoms. The van der Waals surface area contributed by atoms with Gasteiger partial charge in [0, 0.05) is 37.7 Å². The Morgan fingerprint density at radius 1 is 0.586 bits per heavy atom. The maximum Gasteiger partial charge on any atom is 0.488 e. The van der Waals surface area contributed by atoms with E-state index in [4.69, 9.17) is 72.1 Å². The highest BCUT2D eigenvalue weighted by atomic mass is 16.6. The minimum Gasteiger partial charge on any atom is -0.477 e. The Morgan fingerprint density at radius 3 is 1.47 bits per heavy atom. The number of hydrogen-bond acceptors (Lipinski definition) is 24. The van der Waals surface area contributed by atoms with Crippen molar-refractivity contribution in [2.45, 2.75) is 188 Å². The van der Waals surface area contributed by atoms with Crippen LogP contribution in [0.4, 0.5) is 27.0 Å². The number of imidazole rings is 1. The van der Waals surface area contributed by atoms with E-state index in [-0.39, 0.29) is 59.7 Å². The van der Waals surface area contributed by atoms with Gasteiger partial charge in [-0.05, 0) is 225 Å². The number of carbonyl (C=O) groups excluding carboxylic acids is 6. The van der Waals surface area contributed by atoms with Crippen LogP contribution >= 0.6 is 0 Å². The van der Waals surface area contributed by atoms with Crippen LogP contribution in [0.5, 0.6) is 23.0 Å². The molecule has 32 heteroatoms. The van der Waals surface area contributed by atoms with Gasteiger partial charge in [-0.2, -0.15) is 10.5 Å². The maximum atomic E-state index is 13.9. The van der Waals surface area contributed by atoms with E-state index in [0.29, 0.717) is 107 Å². The summed E-state index contributed by atoms with van der Waals surface area (Å²) in [6, 6.07) is 35.8. The number of likely N-dealkylation sites (tertiary alicyclic amines) is 2. The molecule has 0 spiro atoms. The number of aldehydes is 1. The van der Waals surface area contributed by atoms with Crippen molar-refractivity contribution in [1.82, 2.24) is 38.9 Å². The Balaban J connectivity index is 0.000000203. The fourth-order valence-corrected chi connectivity index (χ4v) is 11.4. The summed E-state index contributed by atoms with van der Waals surface area (Å²) >= 11 is 0. The lowest BCUT2D eigenvalue weighted by Gasteiger charge is -2.37. The number of rotatable bonds is 14. The predicted octanol–water partition coefficient (Wildman–Crippen LogP) is 12.0. The highest BCUT2D eigenvalue weighted by Crippen LogP contribution is 2.36. The minimum absolute atomic E-state index is 0.0479. The predicted molar refractivity (Wildman–Crippen MR) is 434 cm³/mol. The molecule has 2 atom stereocenters. The lowest BCUT2D eigenvalue weighted by molar-refractivity contribution is -0.152. The lowest BCUT2D eigenvalue weighted by Crippen LogP contribution is -2.52. The van der Waals surface area contributed by atoms with Crippen LogP contribution in [0.3, 0.4) is 0 Å². The number of ether oxygens (including phenoxy) is 6. The Kier molecular flexibility index (Phi) is 32.5. The van der Waals surface area contributed by atoms with Crippen LogP contribution in [0.2, 0.25) is 0 Å². The Labute approximate surface area is 675 Å². The molecule has 31 nitrogen and oxygen atoms in total. The van der Waals surface area contributed by atoms with E-state index in [1.165, 1.54) is 23.3 Å². The highest BCUT2D eigenvalue weighted by molar-refractivity contribution is 6.58. The molecule has 0 radical (unpaired) electrons. The SMILES string of the molecule is CC(C)(C)OC(=O)/C(C#N)=C/C1CC1.CC(C)(C)OC(=O)N1CCC[C@@H](N2C(=O)Cc3c(N)ncnc32)C1.CC(C)(C)OC(=O)N1CCC[C@@H](n2c(=O)n(-c3ccc(Oc4ccccc4)cc3)c3c(N)ncnc32)C1.N#C/C(=C\C1CC1)C(=O)O.O=CC1CC1.OB(O)c1ccc(Oc2ccccc2)cc1.[C-]#[N+]CC(=O)OC(C)(C)C. The summed E-state index contributed by atoms with van der Waals surface area (Å²) in [4.78, 5) is 118. The standard InChI is InChI=1S/C27H30N6O4.C16H23N5O3.C12H11BO3.C11H15NO2.C7H7NO2.C7H11NO2.C4H6O/c1-27(2,3)37-26(35)31-15-7-8-19(16-31)33-24-22(23(28)29-17-30-24)32(25(33)34)18-11-13-21(14-12-18)36-20-9-5-4-6-10-20;1-16(2,3)24-15(23)20-6-4-5-10(8-20)21-12(22)7-11-13(17)18-9-19-14(11)21;14-13(15)10-6-8-12(9-7-10)16-11-4-2-1-3-5-11;1-11(2,3)14-10(13)9(7-12)6-8-4-5-8;8-4-6(7(9)10)3-5-1-2-5;1-7(2,3)10-6(9)5-8-4;5-3-4-1-2-4/h4-6,9-14,17,19H,7-8,15-16H2,1-3H3,(H2,28,29,30);9-10H,4-8H2,1-3H3,(H2,17,18,19);1-9,14-15H;6,8H,4-5H2,1-3H3;3,5H,1-2H2,(H,9,10);5H2,1-3H3;3-4H,1-2H2/b;;;9-6+;6-3+;;/t19-;10-;;;;;/m11...../s1. The second-order valence-electron chi connectivity index (χ2n) is 31.9. The molecule has 5 fully saturated rings. The molecule has 6 aliphatic rings. The molecule has 7 N–H and O–H groups in total. The first-order valence-corrected chi connectivity index (χ1v) is 38.1. The zero-order valence-corrected chi connectivity index (χ0v) is 67.6. The molecular formula is C84H103BN14O17. The molecule has 0 bridgehead atoms. The lowest BCUT2D eigenvalue weighted by atomic mass is 9.80. The summed E-state index contributed by atoms with van der Waals surface area (Å²) in [5.41, 5.74) is 12.3. The summed E-state index contributed by atoms with van der Waals surface area (Å²) in [6.07, 6.45) is 16.0. The number of fused-ring (bicyclic) bond motifs is 2. The Hall–Kier alpha value is -12.5. The van der Waals surface area contributed by atoms with E-state index in [0.717, 1.165) is 69.8 Å². The van der Waals surface area contributed by atoms with Gasteiger partial charge in [-0.1, -0.05) is 60.7 Å². The van der Waals surface area contributed by atoms with E-state index in [1.807, 2.05) is 108 Å². The van der Waals surface area contributed by atoms with Gasteiger partial charge >= 0.3 is 49.4 Å². The molecule has 3 amide bonds. The number of nitrogens with two attached hydrogens (primary N) is 2. The summed E-state index contributed by atoms with van der Waals surface area (Å²) in [5.74, 6) is 2.97. The van der Waals surface area contributed by atoms with E-state index in [2.05, 4.69) is 24.8 Å². The van der Waals surface area contributed by atoms with Gasteiger partial charge in [0.15, 0.2) is 11.5 Å². The molecule has 3 aromatic heterocycles. The zero-order chi connectivity index (χ0) is 85.2. The summed E-state index contributed by atoms with van der Waals surface area (Å²) in [5, 5.41) is 43.2. The van der Waals surface area contributed by atoms with Gasteiger partial charge in [-0.15, -0.1) is 0 Å². The molecule has 0 unspecified atom stereocenters. The van der Waals surface area contributed by atoms with Gasteiger partial charge in [0.1, 0.15) is 105 Å². The topological polar surface area (TPSA) is 428 Å². The third kappa shape index (κ3) is 29.8. The first-order chi connectivity index (χ1) is 54.8. The smallest absolute Gasteiger partial charge is 0.477 e. The molecule has 4 aromatic carbocycles. The van der Waals surface area contributed by atoms with Crippen LogP contribution in [0.25, 0.3) is 21.7 Å². The minimum atomic E-state index is -1.44. The van der Waals surface area contributed by atoms with Crippen LogP contribution < -0.4 is 37.0 Å². The van der Waals surface area contributed by atoms with Gasteiger partial charge < -0.3 is 74.5 Å². The quantitative estimate of drug-likeness (QED) is 0.0128. The monoisotopic (exact) mass is 1590 g/mol. The van der Waals surface area contributed by atoms with Crippen molar-refractivity contribution in [1.29, 1.82) is 10.5 Å². The van der Waals surface area contributed by atoms with Gasteiger partial charge in [-0.25, -0.2) is 55.3 Å². The van der Waals surface area contributed by atoms with Crippen molar-refractivity contribution in [2.24, 2.45) is 17.8 Å². The number of carboxylic acid groups (broad SMARTS) is 1. The molecule has 13 rings (SSSR count). The second kappa shape index (κ2) is 41.5. The number of carboxylic acids is 1. The van der Waals surface area contributed by atoms with Crippen molar-refractivity contribution in [3.05, 3.63) is 173 Å². The van der Waals surface area contributed by atoms with E-state index < -0.39 is 53.5 Å². The highest BCUT2D eigenvalue weighted by Gasteiger charge is 2.40. The van der Waals surface area contributed by atoms with Crippen molar-refractivity contribution >= 4 is 83.5 Å². The van der Waals surface area contributed by atoms with Crippen molar-refractivity contribution in [3.8, 4) is 40.8 Å². The van der Waals surface area contributed by atoms with Crippen LogP contribution in [0.1, 0.15) is 159 Å². The molecule has 3 aliphatic heterocycles. The number of para-hydroxylation sites is 2. The average Bonchev–Trinajstić information content (AvgIpc) is 1.59. The van der Waals surface area contributed by atoms with Gasteiger partial charge in [0.25, 0.3) is 0 Å². The Morgan fingerprint density at radius 2 is 1.03 bits per heavy atom. The zero-order valence-electron chi connectivity index (χ0n) is 67.6. The number of nitriles is 2. The number of esters is 2. The molecule has 614 valence electrons. The molecule has 7 aromatic rings. The Bertz CT molecular complexity index is 4780. The number of allylic oxidation sites excluding steroid dienone is 2. The van der Waals surface area contributed by atoms with Gasteiger partial charge in [0.2, 0.25) is 5.91 Å². The van der Waals surface area contributed by atoms with Gasteiger partial charge in [-0.3, -0.25) is 18.8 Å². The number of aromatic nitrogens is 6. The first kappa shape index (κ1) is 90.7. The molecule has 3 saturated carbocycles. The third-order valence-corrected chi connectivity index (χ3v) is 17.1. The van der Waals surface area contributed by atoms with E-state index in [9.17, 15) is 38.4 Å². The number of carbonyl (C=O) groups is 7. The summed E-state index contributed by atoms with van der Waals surface area (Å²) in [7, 11) is -1.44. The van der Waals surface area contributed by atoms with Crippen molar-refractivity contribution in [3.63, 3.8) is 0 Å². The average molecular weight is 1590 g/mol. The van der Waals surface area contributed by atoms with Crippen LogP contribution in [0.15, 0.2) is 150 Å². The number of nitrogens with zero attached hydrogens (tertiary/aromatic N) is 12. The number of benzene rings is 4. The number of amides is 3. The van der Waals surface area contributed by atoms with Crippen LogP contribution in [0, 0.1) is 47.0 Å². The van der Waals surface area contributed by atoms with Crippen molar-refractivity contribution in [2.75, 3.05) is 49.1 Å². The number of piperidine rings is 2. The second-order valence-corrected chi connectivity index (χ2v) is 31.9. The van der Waals surface area contributed by atoms with Crippen molar-refractivity contribution < 1.29 is 77.1 Å². The summed E-state index contributed by atoms with van der Waals surface area (Å²) < 4.78 is 35.5. The molecule has 6 heterocycles. The third-order valence-electron chi connectivity index (χ3n) is 17.1. The number of anilines is 3. The number of aliphatic carboxylic acids is 1. The fourth-order valence-electron chi connectivity index (χ4n) is 11.4. The molecule has 2 saturated heterocycles. The van der Waals surface area contributed by atoms with Crippen LogP contribution in [-0.2, 0) is 49.3 Å². The summed E-state index contributed by atoms with van der Waals surface area (Å²) in [6.45, 7) is 29.9. The maximum absolute atomic E-state index is 13.9. The largest absolute Gasteiger partial charge is 0.488 e. The fraction of sp³-hybridized carbons (Fsp3) is 0.440. The number of hydrogen-bond donors (Lipinski definition) is 5. The van der Waals surface area contributed by atoms with E-state index >= 15 is 0 Å². The van der Waals surface area contributed by atoms with E-state index in [1.54, 1.807) is 121 Å². The molecular weight excluding hydrogens is 1490 g/mol.